The molecular formula is C19H20F2NO4P. The number of pyridine rings is 1. The van der Waals surface area contributed by atoms with Crippen LogP contribution in [0.2, 0.25) is 0 Å². The fourth-order valence-electron chi connectivity index (χ4n) is 2.96. The van der Waals surface area contributed by atoms with E-state index in [2.05, 4.69) is 4.98 Å². The molecule has 0 fully saturated rings. The van der Waals surface area contributed by atoms with E-state index in [4.69, 9.17) is 13.8 Å². The fourth-order valence-corrected chi connectivity index (χ4v) is 4.47. The van der Waals surface area contributed by atoms with Crippen molar-refractivity contribution in [2.24, 2.45) is 0 Å². The summed E-state index contributed by atoms with van der Waals surface area (Å²) in [6.45, 7) is 2.61. The van der Waals surface area contributed by atoms with Gasteiger partial charge in [0.15, 0.2) is 0 Å². The minimum absolute atomic E-state index is 0.137. The Bertz CT molecular complexity index is 1020. The Labute approximate surface area is 155 Å². The van der Waals surface area contributed by atoms with E-state index in [9.17, 15) is 4.57 Å². The summed E-state index contributed by atoms with van der Waals surface area (Å²) in [6, 6.07) is 11.8. The third-order valence-electron chi connectivity index (χ3n) is 4.14. The lowest BCUT2D eigenvalue weighted by molar-refractivity contribution is 0.0340. The molecule has 0 aliphatic rings. The van der Waals surface area contributed by atoms with Crippen LogP contribution in [0, 0.1) is 0 Å². The van der Waals surface area contributed by atoms with Gasteiger partial charge in [0.2, 0.25) is 0 Å². The van der Waals surface area contributed by atoms with Crippen molar-refractivity contribution in [3.63, 3.8) is 0 Å². The van der Waals surface area contributed by atoms with Crippen LogP contribution in [-0.4, -0.2) is 25.3 Å². The van der Waals surface area contributed by atoms with Gasteiger partial charge in [-0.15, -0.1) is 0 Å². The summed E-state index contributed by atoms with van der Waals surface area (Å²) in [5.41, 5.74) is -4.22. The highest BCUT2D eigenvalue weighted by Gasteiger charge is 2.57. The van der Waals surface area contributed by atoms with E-state index in [0.717, 1.165) is 0 Å². The van der Waals surface area contributed by atoms with Crippen LogP contribution >= 0.6 is 7.60 Å². The topological polar surface area (TPSA) is 57.7 Å². The number of ether oxygens (including phenoxy) is 1. The second kappa shape index (κ2) is 7.50. The molecule has 0 saturated heterocycles. The van der Waals surface area contributed by atoms with Crippen LogP contribution in [0.3, 0.4) is 0 Å². The Morgan fingerprint density at radius 3 is 2.30 bits per heavy atom. The monoisotopic (exact) mass is 395 g/mol. The average Bonchev–Trinajstić information content (AvgIpc) is 2.67. The first kappa shape index (κ1) is 19.7. The molecule has 1 aromatic heterocycles. The predicted octanol–water partition coefficient (Wildman–Crippen LogP) is 5.71. The van der Waals surface area contributed by atoms with E-state index in [1.807, 2.05) is 0 Å². The van der Waals surface area contributed by atoms with Gasteiger partial charge in [0.25, 0.3) is 0 Å². The van der Waals surface area contributed by atoms with Gasteiger partial charge >= 0.3 is 13.3 Å². The number of fused-ring (bicyclic) bond motifs is 3. The molecule has 0 aliphatic heterocycles. The third-order valence-corrected chi connectivity index (χ3v) is 6.23. The van der Waals surface area contributed by atoms with Crippen LogP contribution in [0.15, 0.2) is 42.5 Å². The van der Waals surface area contributed by atoms with E-state index in [-0.39, 0.29) is 18.6 Å². The van der Waals surface area contributed by atoms with Crippen LogP contribution in [0.25, 0.3) is 21.7 Å². The number of aromatic nitrogens is 1. The minimum atomic E-state index is -4.79. The summed E-state index contributed by atoms with van der Waals surface area (Å²) < 4.78 is 58.8. The van der Waals surface area contributed by atoms with Gasteiger partial charge in [-0.05, 0) is 43.5 Å². The summed E-state index contributed by atoms with van der Waals surface area (Å²) >= 11 is 0. The molecular weight excluding hydrogens is 375 g/mol. The maximum Gasteiger partial charge on any atom is 0.406 e. The number of para-hydroxylation sites is 1. The summed E-state index contributed by atoms with van der Waals surface area (Å²) in [7, 11) is -3.34. The Kier molecular flexibility index (Phi) is 5.47. The van der Waals surface area contributed by atoms with Crippen LogP contribution in [0.1, 0.15) is 19.5 Å². The highest BCUT2D eigenvalue weighted by atomic mass is 31.2. The van der Waals surface area contributed by atoms with E-state index < -0.39 is 19.0 Å². The van der Waals surface area contributed by atoms with Gasteiger partial charge in [-0.1, -0.05) is 18.2 Å². The molecule has 1 heterocycles. The Morgan fingerprint density at radius 1 is 1.00 bits per heavy atom. The van der Waals surface area contributed by atoms with Gasteiger partial charge in [0, 0.05) is 10.8 Å². The fraction of sp³-hybridized carbons (Fsp3) is 0.316. The molecule has 27 heavy (non-hydrogen) atoms. The smallest absolute Gasteiger partial charge is 0.406 e. The zero-order valence-corrected chi connectivity index (χ0v) is 16.1. The van der Waals surface area contributed by atoms with Gasteiger partial charge in [0.1, 0.15) is 11.4 Å². The van der Waals surface area contributed by atoms with Crippen LogP contribution in [0.5, 0.6) is 5.75 Å². The second-order valence-electron chi connectivity index (χ2n) is 5.76. The molecule has 0 atom stereocenters. The molecule has 3 rings (SSSR count). The van der Waals surface area contributed by atoms with E-state index >= 15 is 8.78 Å². The van der Waals surface area contributed by atoms with E-state index in [0.29, 0.717) is 22.0 Å². The Morgan fingerprint density at radius 2 is 1.67 bits per heavy atom. The molecule has 144 valence electrons. The van der Waals surface area contributed by atoms with Crippen molar-refractivity contribution >= 4 is 29.3 Å². The Hall–Kier alpha value is -2.08. The van der Waals surface area contributed by atoms with Crippen molar-refractivity contribution in [3.8, 4) is 5.75 Å². The molecule has 0 unspecified atom stereocenters. The van der Waals surface area contributed by atoms with Crippen molar-refractivity contribution in [2.45, 2.75) is 19.5 Å². The highest BCUT2D eigenvalue weighted by Crippen LogP contribution is 2.67. The average molecular weight is 395 g/mol. The first-order valence-electron chi connectivity index (χ1n) is 8.52. The number of benzene rings is 2. The number of hydrogen-bond donors (Lipinski definition) is 0. The van der Waals surface area contributed by atoms with Gasteiger partial charge in [-0.2, -0.15) is 8.78 Å². The number of alkyl halides is 2. The SMILES string of the molecule is CCOP(=O)(OCC)C(F)(F)c1nc2ccccc2c2ccc(OC)cc12. The van der Waals surface area contributed by atoms with Gasteiger partial charge in [-0.3, -0.25) is 4.57 Å². The normalized spacial score (nSPS) is 12.6. The zero-order valence-electron chi connectivity index (χ0n) is 15.2. The van der Waals surface area contributed by atoms with Crippen LogP contribution < -0.4 is 4.74 Å². The Balaban J connectivity index is 2.38. The highest BCUT2D eigenvalue weighted by molar-refractivity contribution is 7.54. The summed E-state index contributed by atoms with van der Waals surface area (Å²) in [5, 5.41) is 1.39. The summed E-state index contributed by atoms with van der Waals surface area (Å²) in [4.78, 5) is 4.14. The molecule has 0 saturated carbocycles. The van der Waals surface area contributed by atoms with Crippen molar-refractivity contribution in [3.05, 3.63) is 48.2 Å². The lowest BCUT2D eigenvalue weighted by atomic mass is 10.0. The van der Waals surface area contributed by atoms with Gasteiger partial charge in [-0.25, -0.2) is 4.98 Å². The molecule has 0 aliphatic carbocycles. The maximum absolute atomic E-state index is 15.5. The first-order valence-corrected chi connectivity index (χ1v) is 10.1. The molecule has 0 amide bonds. The molecule has 8 heteroatoms. The minimum Gasteiger partial charge on any atom is -0.497 e. The van der Waals surface area contributed by atoms with Crippen molar-refractivity contribution in [1.29, 1.82) is 0 Å². The molecule has 3 aromatic rings. The quantitative estimate of drug-likeness (QED) is 0.379. The number of rotatable bonds is 7. The van der Waals surface area contributed by atoms with E-state index in [1.165, 1.54) is 27.0 Å². The van der Waals surface area contributed by atoms with Gasteiger partial charge < -0.3 is 13.8 Å². The first-order chi connectivity index (χ1) is 12.9. The molecule has 2 aromatic carbocycles. The predicted molar refractivity (Wildman–Crippen MR) is 101 cm³/mol. The largest absolute Gasteiger partial charge is 0.497 e. The van der Waals surface area contributed by atoms with E-state index in [1.54, 1.807) is 36.4 Å². The molecule has 0 spiro atoms. The van der Waals surface area contributed by atoms with Crippen molar-refractivity contribution in [1.82, 2.24) is 4.98 Å². The summed E-state index contributed by atoms with van der Waals surface area (Å²) in [6.07, 6.45) is 0. The molecule has 0 N–H and O–H groups in total. The zero-order chi connectivity index (χ0) is 19.7. The maximum atomic E-state index is 15.5. The number of hydrogen-bond acceptors (Lipinski definition) is 5. The number of methoxy groups -OCH3 is 1. The van der Waals surface area contributed by atoms with Crippen LogP contribution in [0.4, 0.5) is 8.78 Å². The molecule has 0 radical (unpaired) electrons. The van der Waals surface area contributed by atoms with Crippen molar-refractivity contribution < 1.29 is 27.1 Å². The van der Waals surface area contributed by atoms with Crippen LogP contribution in [-0.2, 0) is 19.3 Å². The lowest BCUT2D eigenvalue weighted by Crippen LogP contribution is -2.20. The lowest BCUT2D eigenvalue weighted by Gasteiger charge is -2.26. The standard InChI is InChI=1S/C19H20F2NO4P/c1-4-25-27(23,26-5-2)19(20,21)18-16-12-13(24-3)10-11-14(16)15-8-6-7-9-17(15)22-18/h6-12H,4-5H2,1-3H3. The number of halogens is 2. The third kappa shape index (κ3) is 3.31. The molecule has 5 nitrogen and oxygen atoms in total. The van der Waals surface area contributed by atoms with Gasteiger partial charge in [0.05, 0.1) is 25.8 Å². The molecule has 0 bridgehead atoms. The number of nitrogens with zero attached hydrogens (tertiary/aromatic N) is 1. The second-order valence-corrected chi connectivity index (χ2v) is 7.84. The van der Waals surface area contributed by atoms with Crippen molar-refractivity contribution in [2.75, 3.05) is 20.3 Å². The summed E-state index contributed by atoms with van der Waals surface area (Å²) in [5.74, 6) is 0.388.